The fourth-order valence-corrected chi connectivity index (χ4v) is 2.09. The summed E-state index contributed by atoms with van der Waals surface area (Å²) < 4.78 is 5.18. The third-order valence-corrected chi connectivity index (χ3v) is 2.74. The van der Waals surface area contributed by atoms with Crippen molar-refractivity contribution in [2.24, 2.45) is 5.92 Å². The van der Waals surface area contributed by atoms with Crippen molar-refractivity contribution in [1.82, 2.24) is 4.90 Å². The topological polar surface area (TPSA) is 32.7 Å². The van der Waals surface area contributed by atoms with Gasteiger partial charge in [0.25, 0.3) is 0 Å². The normalized spacial score (nSPS) is 38.5. The zero-order valence-corrected chi connectivity index (χ0v) is 7.62. The van der Waals surface area contributed by atoms with E-state index in [0.717, 1.165) is 38.6 Å². The minimum Gasteiger partial charge on any atom is -0.386 e. The third-order valence-electron chi connectivity index (χ3n) is 2.74. The molecule has 1 atom stereocenters. The van der Waals surface area contributed by atoms with Gasteiger partial charge in [0.05, 0.1) is 6.61 Å². The lowest BCUT2D eigenvalue weighted by Crippen LogP contribution is -2.53. The summed E-state index contributed by atoms with van der Waals surface area (Å²) in [4.78, 5) is 2.30. The van der Waals surface area contributed by atoms with E-state index in [-0.39, 0.29) is 0 Å². The Morgan fingerprint density at radius 3 is 2.83 bits per heavy atom. The molecule has 0 aliphatic carbocycles. The molecule has 12 heavy (non-hydrogen) atoms. The summed E-state index contributed by atoms with van der Waals surface area (Å²) in [7, 11) is 0. The monoisotopic (exact) mass is 171 g/mol. The van der Waals surface area contributed by atoms with Crippen LogP contribution in [0.4, 0.5) is 0 Å². The molecule has 0 aromatic carbocycles. The Hall–Kier alpha value is -0.120. The van der Waals surface area contributed by atoms with Crippen molar-refractivity contribution in [2.75, 3.05) is 32.8 Å². The highest BCUT2D eigenvalue weighted by atomic mass is 16.5. The Kier molecular flexibility index (Phi) is 2.10. The van der Waals surface area contributed by atoms with Crippen molar-refractivity contribution in [3.05, 3.63) is 0 Å². The van der Waals surface area contributed by atoms with E-state index in [2.05, 4.69) is 11.8 Å². The second-order valence-electron chi connectivity index (χ2n) is 4.33. The van der Waals surface area contributed by atoms with Gasteiger partial charge in [0, 0.05) is 32.7 Å². The molecular weight excluding hydrogens is 154 g/mol. The van der Waals surface area contributed by atoms with Crippen LogP contribution in [0.25, 0.3) is 0 Å². The van der Waals surface area contributed by atoms with E-state index in [4.69, 9.17) is 4.74 Å². The molecule has 1 unspecified atom stereocenters. The van der Waals surface area contributed by atoms with Gasteiger partial charge >= 0.3 is 0 Å². The van der Waals surface area contributed by atoms with Crippen LogP contribution in [0, 0.1) is 5.92 Å². The molecule has 0 aromatic heterocycles. The molecule has 0 amide bonds. The molecule has 2 heterocycles. The Balaban J connectivity index is 1.78. The van der Waals surface area contributed by atoms with Gasteiger partial charge in [0.1, 0.15) is 5.60 Å². The molecule has 0 aromatic rings. The molecule has 0 radical (unpaired) electrons. The van der Waals surface area contributed by atoms with Gasteiger partial charge in [-0.15, -0.1) is 0 Å². The largest absolute Gasteiger partial charge is 0.386 e. The standard InChI is InChI=1S/C9H17NO2/c1-8-4-10(5-8)6-9(11)2-3-12-7-9/h8,11H,2-7H2,1H3. The second-order valence-corrected chi connectivity index (χ2v) is 4.33. The summed E-state index contributed by atoms with van der Waals surface area (Å²) in [5.41, 5.74) is -0.542. The first-order valence-electron chi connectivity index (χ1n) is 4.70. The van der Waals surface area contributed by atoms with Crippen molar-refractivity contribution in [3.8, 4) is 0 Å². The Morgan fingerprint density at radius 2 is 2.33 bits per heavy atom. The van der Waals surface area contributed by atoms with E-state index in [0.29, 0.717) is 6.61 Å². The molecule has 2 aliphatic rings. The van der Waals surface area contributed by atoms with Crippen LogP contribution in [0.15, 0.2) is 0 Å². The van der Waals surface area contributed by atoms with Crippen LogP contribution in [-0.2, 0) is 4.74 Å². The van der Waals surface area contributed by atoms with Crippen LogP contribution in [0.1, 0.15) is 13.3 Å². The highest BCUT2D eigenvalue weighted by Crippen LogP contribution is 2.23. The van der Waals surface area contributed by atoms with Gasteiger partial charge in [0.2, 0.25) is 0 Å². The van der Waals surface area contributed by atoms with E-state index in [1.165, 1.54) is 0 Å². The van der Waals surface area contributed by atoms with Crippen molar-refractivity contribution in [3.63, 3.8) is 0 Å². The Bertz CT molecular complexity index is 160. The van der Waals surface area contributed by atoms with Gasteiger partial charge in [-0.1, -0.05) is 6.92 Å². The molecule has 2 aliphatic heterocycles. The fourth-order valence-electron chi connectivity index (χ4n) is 2.09. The number of hydrogen-bond donors (Lipinski definition) is 1. The van der Waals surface area contributed by atoms with Gasteiger partial charge in [-0.25, -0.2) is 0 Å². The number of rotatable bonds is 2. The molecule has 3 nitrogen and oxygen atoms in total. The maximum absolute atomic E-state index is 9.95. The maximum Gasteiger partial charge on any atom is 0.103 e. The van der Waals surface area contributed by atoms with Gasteiger partial charge in [0.15, 0.2) is 0 Å². The predicted octanol–water partition coefficient (Wildman–Crippen LogP) is 0.0895. The van der Waals surface area contributed by atoms with Crippen LogP contribution in [0.5, 0.6) is 0 Å². The lowest BCUT2D eigenvalue weighted by atomic mass is 9.97. The molecule has 0 bridgehead atoms. The Morgan fingerprint density at radius 1 is 1.58 bits per heavy atom. The highest BCUT2D eigenvalue weighted by Gasteiger charge is 2.36. The van der Waals surface area contributed by atoms with Crippen LogP contribution < -0.4 is 0 Å². The molecule has 2 rings (SSSR count). The first kappa shape index (κ1) is 8.48. The van der Waals surface area contributed by atoms with Crippen molar-refractivity contribution in [2.45, 2.75) is 18.9 Å². The zero-order chi connectivity index (χ0) is 8.60. The average molecular weight is 171 g/mol. The molecule has 0 saturated carbocycles. The minimum atomic E-state index is -0.542. The number of likely N-dealkylation sites (tertiary alicyclic amines) is 1. The van der Waals surface area contributed by atoms with Gasteiger partial charge < -0.3 is 9.84 Å². The summed E-state index contributed by atoms with van der Waals surface area (Å²) in [5, 5.41) is 9.95. The average Bonchev–Trinajstić information content (AvgIpc) is 2.33. The molecule has 3 heteroatoms. The van der Waals surface area contributed by atoms with Gasteiger partial charge in [-0.3, -0.25) is 4.90 Å². The summed E-state index contributed by atoms with van der Waals surface area (Å²) in [6.07, 6.45) is 0.803. The summed E-state index contributed by atoms with van der Waals surface area (Å²) in [6, 6.07) is 0. The predicted molar refractivity (Wildman–Crippen MR) is 46.0 cm³/mol. The van der Waals surface area contributed by atoms with Gasteiger partial charge in [-0.2, -0.15) is 0 Å². The zero-order valence-electron chi connectivity index (χ0n) is 7.62. The number of ether oxygens (including phenoxy) is 1. The highest BCUT2D eigenvalue weighted by molar-refractivity contribution is 4.89. The maximum atomic E-state index is 9.95. The van der Waals surface area contributed by atoms with Crippen molar-refractivity contribution < 1.29 is 9.84 Å². The van der Waals surface area contributed by atoms with Crippen LogP contribution in [0.3, 0.4) is 0 Å². The second kappa shape index (κ2) is 2.98. The summed E-state index contributed by atoms with van der Waals surface area (Å²) in [5.74, 6) is 0.816. The van der Waals surface area contributed by atoms with Crippen LogP contribution in [-0.4, -0.2) is 48.5 Å². The SMILES string of the molecule is CC1CN(CC2(O)CCOC2)C1. The molecule has 0 spiro atoms. The minimum absolute atomic E-state index is 0.526. The summed E-state index contributed by atoms with van der Waals surface area (Å²) in [6.45, 7) is 6.57. The third kappa shape index (κ3) is 1.63. The van der Waals surface area contributed by atoms with Crippen LogP contribution >= 0.6 is 0 Å². The molecule has 1 N–H and O–H groups in total. The summed E-state index contributed by atoms with van der Waals surface area (Å²) >= 11 is 0. The van der Waals surface area contributed by atoms with Crippen molar-refractivity contribution in [1.29, 1.82) is 0 Å². The van der Waals surface area contributed by atoms with E-state index >= 15 is 0 Å². The van der Waals surface area contributed by atoms with E-state index in [1.54, 1.807) is 0 Å². The molecular formula is C9H17NO2. The fraction of sp³-hybridized carbons (Fsp3) is 1.00. The lowest BCUT2D eigenvalue weighted by molar-refractivity contribution is -0.0321. The van der Waals surface area contributed by atoms with Crippen LogP contribution in [0.2, 0.25) is 0 Å². The Labute approximate surface area is 73.3 Å². The molecule has 2 saturated heterocycles. The van der Waals surface area contributed by atoms with E-state index in [9.17, 15) is 5.11 Å². The van der Waals surface area contributed by atoms with E-state index < -0.39 is 5.60 Å². The first-order valence-corrected chi connectivity index (χ1v) is 4.70. The number of nitrogens with zero attached hydrogens (tertiary/aromatic N) is 1. The number of hydrogen-bond acceptors (Lipinski definition) is 3. The van der Waals surface area contributed by atoms with Crippen molar-refractivity contribution >= 4 is 0 Å². The smallest absolute Gasteiger partial charge is 0.103 e. The van der Waals surface area contributed by atoms with E-state index in [1.807, 2.05) is 0 Å². The quantitative estimate of drug-likeness (QED) is 0.639. The van der Waals surface area contributed by atoms with Gasteiger partial charge in [-0.05, 0) is 5.92 Å². The first-order chi connectivity index (χ1) is 5.68. The number of aliphatic hydroxyl groups is 1. The number of β-amino-alcohol motifs (C(OH)–C–C–N with tert-alkyl or cyclic N) is 1. The molecule has 2 fully saturated rings. The molecule has 70 valence electrons. The lowest BCUT2D eigenvalue weighted by Gasteiger charge is -2.40.